The molecule has 0 N–H and O–H groups in total. The summed E-state index contributed by atoms with van der Waals surface area (Å²) in [5.41, 5.74) is 4.46. The largest absolute Gasteiger partial charge is 0.449 e. The Bertz CT molecular complexity index is 1390. The normalized spacial score (nSPS) is 15.4. The number of rotatable bonds is 3. The fourth-order valence-electron chi connectivity index (χ4n) is 4.60. The molecule has 1 aliphatic rings. The second kappa shape index (κ2) is 8.38. The molecule has 0 bridgehead atoms. The number of piperidine rings is 1. The summed E-state index contributed by atoms with van der Waals surface area (Å²) in [6, 6.07) is 12.0. The van der Waals surface area contributed by atoms with Crippen molar-refractivity contribution >= 4 is 28.0 Å². The first-order valence-electron chi connectivity index (χ1n) is 11.3. The van der Waals surface area contributed by atoms with Crippen molar-refractivity contribution < 1.29 is 18.0 Å². The van der Waals surface area contributed by atoms with Gasteiger partial charge in [-0.05, 0) is 62.9 Å². The van der Waals surface area contributed by atoms with E-state index < -0.39 is 12.0 Å². The van der Waals surface area contributed by atoms with Crippen LogP contribution in [0.3, 0.4) is 0 Å². The van der Waals surface area contributed by atoms with Crippen molar-refractivity contribution in [1.82, 2.24) is 24.4 Å². The molecule has 1 amide bonds. The molecule has 5 rings (SSSR count). The molecule has 6 nitrogen and oxygen atoms in total. The highest BCUT2D eigenvalue weighted by Gasteiger charge is 2.38. The predicted octanol–water partition coefficient (Wildman–Crippen LogP) is 5.17. The van der Waals surface area contributed by atoms with Crippen LogP contribution in [0.4, 0.5) is 13.2 Å². The average Bonchev–Trinajstić information content (AvgIpc) is 3.19. The van der Waals surface area contributed by atoms with E-state index in [1.165, 1.54) is 4.57 Å². The lowest BCUT2D eigenvalue weighted by atomic mass is 9.96. The molecule has 34 heavy (non-hydrogen) atoms. The maximum Gasteiger partial charge on any atom is 0.449 e. The number of fused-ring (bicyclic) bond motifs is 2. The van der Waals surface area contributed by atoms with Crippen LogP contribution in [0, 0.1) is 19.8 Å². The van der Waals surface area contributed by atoms with E-state index in [1.54, 1.807) is 47.4 Å². The van der Waals surface area contributed by atoms with Crippen LogP contribution in [0.15, 0.2) is 42.5 Å². The van der Waals surface area contributed by atoms with Crippen molar-refractivity contribution in [3.63, 3.8) is 0 Å². The summed E-state index contributed by atoms with van der Waals surface area (Å²) in [7, 11) is 0. The molecule has 2 aromatic carbocycles. The zero-order valence-electron chi connectivity index (χ0n) is 18.9. The smallest absolute Gasteiger partial charge is 0.339 e. The van der Waals surface area contributed by atoms with Gasteiger partial charge in [0.1, 0.15) is 0 Å². The molecule has 2 aromatic heterocycles. The zero-order chi connectivity index (χ0) is 24.0. The van der Waals surface area contributed by atoms with E-state index in [-0.39, 0.29) is 18.4 Å². The first-order chi connectivity index (χ1) is 16.2. The first kappa shape index (κ1) is 22.3. The third kappa shape index (κ3) is 4.10. The van der Waals surface area contributed by atoms with E-state index in [4.69, 9.17) is 0 Å². The number of aryl methyl sites for hydroxylation is 2. The van der Waals surface area contributed by atoms with Crippen LogP contribution < -0.4 is 0 Å². The number of likely N-dealkylation sites (tertiary alicyclic amines) is 1. The van der Waals surface area contributed by atoms with Crippen molar-refractivity contribution in [3.8, 4) is 0 Å². The maximum atomic E-state index is 13.6. The number of benzene rings is 2. The minimum absolute atomic E-state index is 0.0239. The highest BCUT2D eigenvalue weighted by atomic mass is 19.4. The van der Waals surface area contributed by atoms with E-state index in [1.807, 2.05) is 13.8 Å². The fourth-order valence-corrected chi connectivity index (χ4v) is 4.60. The van der Waals surface area contributed by atoms with Gasteiger partial charge in [-0.1, -0.05) is 12.1 Å². The molecule has 0 spiro atoms. The highest BCUT2D eigenvalue weighted by molar-refractivity contribution is 5.97. The molecule has 176 valence electrons. The SMILES string of the molecule is Cc1nc2ccc(C(=O)N3CCC(Cn4c(C(F)(F)F)nc5ccccc54)CC3)cc2nc1C. The highest BCUT2D eigenvalue weighted by Crippen LogP contribution is 2.33. The van der Waals surface area contributed by atoms with Crippen molar-refractivity contribution in [3.05, 3.63) is 65.2 Å². The molecule has 1 saturated heterocycles. The lowest BCUT2D eigenvalue weighted by Gasteiger charge is -2.32. The minimum Gasteiger partial charge on any atom is -0.339 e. The van der Waals surface area contributed by atoms with Crippen LogP contribution in [-0.2, 0) is 12.7 Å². The number of hydrogen-bond donors (Lipinski definition) is 0. The third-order valence-electron chi connectivity index (χ3n) is 6.57. The Morgan fingerprint density at radius 1 is 0.941 bits per heavy atom. The number of para-hydroxylation sites is 2. The Kier molecular flexibility index (Phi) is 5.50. The summed E-state index contributed by atoms with van der Waals surface area (Å²) < 4.78 is 42.1. The van der Waals surface area contributed by atoms with Crippen LogP contribution in [-0.4, -0.2) is 43.4 Å². The monoisotopic (exact) mass is 467 g/mol. The predicted molar refractivity (Wildman–Crippen MR) is 122 cm³/mol. The molecule has 0 radical (unpaired) electrons. The number of hydrogen-bond acceptors (Lipinski definition) is 4. The van der Waals surface area contributed by atoms with Gasteiger partial charge in [0.05, 0.1) is 33.5 Å². The number of carbonyl (C=O) groups is 1. The summed E-state index contributed by atoms with van der Waals surface area (Å²) in [4.78, 5) is 27.7. The third-order valence-corrected chi connectivity index (χ3v) is 6.57. The van der Waals surface area contributed by atoms with Gasteiger partial charge in [0.2, 0.25) is 5.82 Å². The van der Waals surface area contributed by atoms with Gasteiger partial charge in [-0.25, -0.2) is 15.0 Å². The second-order valence-electron chi connectivity index (χ2n) is 8.87. The van der Waals surface area contributed by atoms with Crippen LogP contribution in [0.5, 0.6) is 0 Å². The minimum atomic E-state index is -4.52. The average molecular weight is 467 g/mol. The summed E-state index contributed by atoms with van der Waals surface area (Å²) in [6.07, 6.45) is -3.27. The summed E-state index contributed by atoms with van der Waals surface area (Å²) >= 11 is 0. The molecule has 9 heteroatoms. The van der Waals surface area contributed by atoms with Gasteiger partial charge >= 0.3 is 6.18 Å². The molecule has 4 aromatic rings. The van der Waals surface area contributed by atoms with Crippen LogP contribution in [0.2, 0.25) is 0 Å². The molecule has 0 unspecified atom stereocenters. The van der Waals surface area contributed by atoms with E-state index in [2.05, 4.69) is 15.0 Å². The summed E-state index contributed by atoms with van der Waals surface area (Å²) in [5.74, 6) is -0.935. The Balaban J connectivity index is 1.31. The van der Waals surface area contributed by atoms with Gasteiger partial charge in [0, 0.05) is 25.2 Å². The van der Waals surface area contributed by atoms with Crippen molar-refractivity contribution in [2.75, 3.05) is 13.1 Å². The Hall–Kier alpha value is -3.49. The number of halogens is 3. The number of nitrogens with zero attached hydrogens (tertiary/aromatic N) is 5. The van der Waals surface area contributed by atoms with E-state index in [0.717, 1.165) is 16.9 Å². The van der Waals surface area contributed by atoms with Gasteiger partial charge in [-0.3, -0.25) is 4.79 Å². The number of carbonyl (C=O) groups excluding carboxylic acids is 1. The zero-order valence-corrected chi connectivity index (χ0v) is 18.9. The molecule has 0 atom stereocenters. The first-order valence-corrected chi connectivity index (χ1v) is 11.3. The quantitative estimate of drug-likeness (QED) is 0.417. The van der Waals surface area contributed by atoms with Crippen molar-refractivity contribution in [2.45, 2.75) is 39.4 Å². The molecule has 0 saturated carbocycles. The molecule has 3 heterocycles. The summed E-state index contributed by atoms with van der Waals surface area (Å²) in [6.45, 7) is 4.99. The maximum absolute atomic E-state index is 13.6. The van der Waals surface area contributed by atoms with Crippen LogP contribution in [0.1, 0.15) is 40.4 Å². The van der Waals surface area contributed by atoms with Gasteiger partial charge in [-0.2, -0.15) is 13.2 Å². The standard InChI is InChI=1S/C25H24F3N5O/c1-15-16(2)30-21-13-18(7-8-19(21)29-15)23(34)32-11-9-17(10-12-32)14-33-22-6-4-3-5-20(22)31-24(33)25(26,27)28/h3-8,13,17H,9-12,14H2,1-2H3. The summed E-state index contributed by atoms with van der Waals surface area (Å²) in [5, 5.41) is 0. The Labute approximate surface area is 194 Å². The van der Waals surface area contributed by atoms with E-state index in [0.29, 0.717) is 48.0 Å². The van der Waals surface area contributed by atoms with Gasteiger partial charge in [0.15, 0.2) is 0 Å². The number of aromatic nitrogens is 4. The van der Waals surface area contributed by atoms with Gasteiger partial charge in [-0.15, -0.1) is 0 Å². The lowest BCUT2D eigenvalue weighted by molar-refractivity contribution is -0.147. The lowest BCUT2D eigenvalue weighted by Crippen LogP contribution is -2.39. The Morgan fingerprint density at radius 3 is 2.32 bits per heavy atom. The van der Waals surface area contributed by atoms with Gasteiger partial charge in [0.25, 0.3) is 5.91 Å². The van der Waals surface area contributed by atoms with E-state index >= 15 is 0 Å². The molecular formula is C25H24F3N5O. The number of imidazole rings is 1. The molecular weight excluding hydrogens is 443 g/mol. The van der Waals surface area contributed by atoms with Crippen LogP contribution >= 0.6 is 0 Å². The van der Waals surface area contributed by atoms with E-state index in [9.17, 15) is 18.0 Å². The number of amides is 1. The second-order valence-corrected chi connectivity index (χ2v) is 8.87. The molecule has 1 aliphatic heterocycles. The fraction of sp³-hybridized carbons (Fsp3) is 0.360. The number of alkyl halides is 3. The molecule has 0 aliphatic carbocycles. The van der Waals surface area contributed by atoms with Crippen LogP contribution in [0.25, 0.3) is 22.1 Å². The van der Waals surface area contributed by atoms with Crippen molar-refractivity contribution in [1.29, 1.82) is 0 Å². The molecule has 1 fully saturated rings. The Morgan fingerprint density at radius 2 is 1.62 bits per heavy atom. The van der Waals surface area contributed by atoms with Crippen molar-refractivity contribution in [2.24, 2.45) is 5.92 Å². The topological polar surface area (TPSA) is 63.9 Å². The van der Waals surface area contributed by atoms with Gasteiger partial charge < -0.3 is 9.47 Å².